The SMILES string of the molecule is CCCCCCCCC(=O)Nc1ncc(C#CCN)s1. The predicted molar refractivity (Wildman–Crippen MR) is 84.7 cm³/mol. The summed E-state index contributed by atoms with van der Waals surface area (Å²) in [6.07, 6.45) is 9.32. The fourth-order valence-electron chi connectivity index (χ4n) is 1.78. The number of nitrogens with one attached hydrogen (secondary N) is 1. The highest BCUT2D eigenvalue weighted by atomic mass is 32.1. The van der Waals surface area contributed by atoms with Crippen LogP contribution in [0.15, 0.2) is 6.20 Å². The van der Waals surface area contributed by atoms with Crippen molar-refractivity contribution in [2.45, 2.75) is 51.9 Å². The Balaban J connectivity index is 2.20. The molecule has 0 bridgehead atoms. The summed E-state index contributed by atoms with van der Waals surface area (Å²) in [5.74, 6) is 5.70. The van der Waals surface area contributed by atoms with Crippen LogP contribution in [0, 0.1) is 11.8 Å². The van der Waals surface area contributed by atoms with Crippen LogP contribution >= 0.6 is 11.3 Å². The van der Waals surface area contributed by atoms with Crippen molar-refractivity contribution < 1.29 is 4.79 Å². The van der Waals surface area contributed by atoms with Crippen molar-refractivity contribution in [3.05, 3.63) is 11.1 Å². The van der Waals surface area contributed by atoms with Gasteiger partial charge in [0.25, 0.3) is 0 Å². The van der Waals surface area contributed by atoms with Crippen LogP contribution in [0.2, 0.25) is 0 Å². The zero-order chi connectivity index (χ0) is 14.6. The minimum absolute atomic E-state index is 0.0353. The molecular formula is C15H23N3OS. The van der Waals surface area contributed by atoms with Crippen molar-refractivity contribution in [2.75, 3.05) is 11.9 Å². The fraction of sp³-hybridized carbons (Fsp3) is 0.600. The average Bonchev–Trinajstić information content (AvgIpc) is 2.88. The van der Waals surface area contributed by atoms with E-state index in [2.05, 4.69) is 29.1 Å². The molecule has 0 saturated carbocycles. The predicted octanol–water partition coefficient (Wildman–Crippen LogP) is 3.14. The van der Waals surface area contributed by atoms with E-state index in [1.54, 1.807) is 6.20 Å². The lowest BCUT2D eigenvalue weighted by atomic mass is 10.1. The average molecular weight is 293 g/mol. The van der Waals surface area contributed by atoms with Crippen LogP contribution in [0.4, 0.5) is 5.13 Å². The molecule has 0 aliphatic heterocycles. The van der Waals surface area contributed by atoms with Gasteiger partial charge in [0.15, 0.2) is 5.13 Å². The Hall–Kier alpha value is -1.38. The van der Waals surface area contributed by atoms with E-state index in [-0.39, 0.29) is 5.91 Å². The summed E-state index contributed by atoms with van der Waals surface area (Å²) in [5, 5.41) is 3.42. The van der Waals surface area contributed by atoms with Gasteiger partial charge < -0.3 is 11.1 Å². The maximum Gasteiger partial charge on any atom is 0.226 e. The van der Waals surface area contributed by atoms with E-state index in [0.717, 1.165) is 17.7 Å². The molecule has 1 rings (SSSR count). The van der Waals surface area contributed by atoms with Crippen molar-refractivity contribution in [1.29, 1.82) is 0 Å². The molecular weight excluding hydrogens is 270 g/mol. The molecule has 1 amide bonds. The highest BCUT2D eigenvalue weighted by molar-refractivity contribution is 7.16. The lowest BCUT2D eigenvalue weighted by Crippen LogP contribution is -2.10. The van der Waals surface area contributed by atoms with Crippen molar-refractivity contribution in [3.8, 4) is 11.8 Å². The Kier molecular flexibility index (Phi) is 8.68. The molecule has 0 fully saturated rings. The second-order valence-corrected chi connectivity index (χ2v) is 5.63. The first-order valence-electron chi connectivity index (χ1n) is 7.21. The number of amides is 1. The van der Waals surface area contributed by atoms with E-state index in [9.17, 15) is 4.79 Å². The molecule has 0 spiro atoms. The van der Waals surface area contributed by atoms with Gasteiger partial charge >= 0.3 is 0 Å². The monoisotopic (exact) mass is 293 g/mol. The van der Waals surface area contributed by atoms with Gasteiger partial charge in [-0.3, -0.25) is 4.79 Å². The Labute approximate surface area is 125 Å². The van der Waals surface area contributed by atoms with Gasteiger partial charge in [-0.1, -0.05) is 62.2 Å². The van der Waals surface area contributed by atoms with Crippen molar-refractivity contribution in [3.63, 3.8) is 0 Å². The maximum absolute atomic E-state index is 11.7. The third-order valence-corrected chi connectivity index (χ3v) is 3.65. The molecule has 0 aliphatic carbocycles. The highest BCUT2D eigenvalue weighted by Gasteiger charge is 2.05. The largest absolute Gasteiger partial charge is 0.320 e. The number of unbranched alkanes of at least 4 members (excludes halogenated alkanes) is 5. The number of aromatic nitrogens is 1. The van der Waals surface area contributed by atoms with Gasteiger partial charge in [0, 0.05) is 6.42 Å². The number of thiazole rings is 1. The Morgan fingerprint density at radius 2 is 2.10 bits per heavy atom. The molecule has 0 radical (unpaired) electrons. The zero-order valence-electron chi connectivity index (χ0n) is 12.1. The molecule has 20 heavy (non-hydrogen) atoms. The summed E-state index contributed by atoms with van der Waals surface area (Å²) in [6, 6.07) is 0. The number of carbonyl (C=O) groups is 1. The van der Waals surface area contributed by atoms with Crippen molar-refractivity contribution in [2.24, 2.45) is 5.73 Å². The van der Waals surface area contributed by atoms with Gasteiger partial charge in [0.1, 0.15) is 0 Å². The molecule has 0 aromatic carbocycles. The third kappa shape index (κ3) is 7.27. The zero-order valence-corrected chi connectivity index (χ0v) is 12.9. The summed E-state index contributed by atoms with van der Waals surface area (Å²) in [6.45, 7) is 2.53. The fourth-order valence-corrected chi connectivity index (χ4v) is 2.48. The lowest BCUT2D eigenvalue weighted by molar-refractivity contribution is -0.116. The number of carbonyl (C=O) groups excluding carboxylic acids is 1. The van der Waals surface area contributed by atoms with Crippen LogP contribution in [-0.4, -0.2) is 17.4 Å². The van der Waals surface area contributed by atoms with E-state index >= 15 is 0 Å². The quantitative estimate of drug-likeness (QED) is 0.571. The van der Waals surface area contributed by atoms with E-state index in [4.69, 9.17) is 5.73 Å². The number of hydrogen-bond donors (Lipinski definition) is 2. The first kappa shape index (κ1) is 16.7. The second kappa shape index (κ2) is 10.4. The van der Waals surface area contributed by atoms with Crippen LogP contribution in [0.3, 0.4) is 0 Å². The Morgan fingerprint density at radius 3 is 2.85 bits per heavy atom. The van der Waals surface area contributed by atoms with Gasteiger partial charge in [-0.25, -0.2) is 4.98 Å². The summed E-state index contributed by atoms with van der Waals surface area (Å²) in [7, 11) is 0. The van der Waals surface area contributed by atoms with Gasteiger partial charge in [0.05, 0.1) is 17.6 Å². The molecule has 4 nitrogen and oxygen atoms in total. The second-order valence-electron chi connectivity index (χ2n) is 4.60. The summed E-state index contributed by atoms with van der Waals surface area (Å²) in [4.78, 5) is 16.7. The molecule has 5 heteroatoms. The number of nitrogens with zero attached hydrogens (tertiary/aromatic N) is 1. The van der Waals surface area contributed by atoms with Gasteiger partial charge in [-0.05, 0) is 6.42 Å². The number of nitrogens with two attached hydrogens (primary N) is 1. The van der Waals surface area contributed by atoms with Crippen LogP contribution in [0.1, 0.15) is 56.7 Å². The minimum Gasteiger partial charge on any atom is -0.320 e. The standard InChI is InChI=1S/C15H23N3OS/c1-2-3-4-5-6-7-10-14(19)18-15-17-12-13(20-15)9-8-11-16/h12H,2-7,10-11,16H2,1H3,(H,17,18,19). The summed E-state index contributed by atoms with van der Waals surface area (Å²) >= 11 is 1.38. The topological polar surface area (TPSA) is 68.0 Å². The lowest BCUT2D eigenvalue weighted by Gasteiger charge is -2.01. The Morgan fingerprint density at radius 1 is 1.35 bits per heavy atom. The summed E-state index contributed by atoms with van der Waals surface area (Å²) < 4.78 is 0. The van der Waals surface area contributed by atoms with Gasteiger partial charge in [-0.15, -0.1) is 0 Å². The van der Waals surface area contributed by atoms with Gasteiger partial charge in [-0.2, -0.15) is 0 Å². The molecule has 110 valence electrons. The number of rotatable bonds is 8. The van der Waals surface area contributed by atoms with E-state index in [0.29, 0.717) is 18.1 Å². The molecule has 0 saturated heterocycles. The third-order valence-electron chi connectivity index (χ3n) is 2.82. The van der Waals surface area contributed by atoms with E-state index in [1.807, 2.05) is 0 Å². The molecule has 1 heterocycles. The van der Waals surface area contributed by atoms with Gasteiger partial charge in [0.2, 0.25) is 5.91 Å². The van der Waals surface area contributed by atoms with Crippen LogP contribution in [0.5, 0.6) is 0 Å². The van der Waals surface area contributed by atoms with Crippen molar-refractivity contribution >= 4 is 22.4 Å². The highest BCUT2D eigenvalue weighted by Crippen LogP contribution is 2.17. The normalized spacial score (nSPS) is 9.90. The van der Waals surface area contributed by atoms with E-state index in [1.165, 1.54) is 37.0 Å². The van der Waals surface area contributed by atoms with Crippen LogP contribution in [-0.2, 0) is 4.79 Å². The minimum atomic E-state index is 0.0353. The van der Waals surface area contributed by atoms with Crippen LogP contribution < -0.4 is 11.1 Å². The maximum atomic E-state index is 11.7. The molecule has 0 aliphatic rings. The summed E-state index contributed by atoms with van der Waals surface area (Å²) in [5.41, 5.74) is 5.30. The number of hydrogen-bond acceptors (Lipinski definition) is 4. The molecule has 1 aromatic heterocycles. The Bertz CT molecular complexity index is 459. The van der Waals surface area contributed by atoms with Crippen molar-refractivity contribution in [1.82, 2.24) is 4.98 Å². The molecule has 3 N–H and O–H groups in total. The first-order chi connectivity index (χ1) is 9.76. The van der Waals surface area contributed by atoms with E-state index < -0.39 is 0 Å². The molecule has 0 atom stereocenters. The smallest absolute Gasteiger partial charge is 0.226 e. The first-order valence-corrected chi connectivity index (χ1v) is 8.02. The molecule has 0 unspecified atom stereocenters. The van der Waals surface area contributed by atoms with Crippen LogP contribution in [0.25, 0.3) is 0 Å². The molecule has 1 aromatic rings. The number of anilines is 1.